The standard InChI is InChI=1S/C20H22O3/c1-22-15-12-18(21)20(19(13-15)23-2)17-11-7-6-10-16(17)14-8-4-3-5-9-14/h3-5,8-9,12-13,21H,6-7,10-11H2,1-2H3. The summed E-state index contributed by atoms with van der Waals surface area (Å²) < 4.78 is 10.8. The summed E-state index contributed by atoms with van der Waals surface area (Å²) >= 11 is 0. The second-order valence-electron chi connectivity index (χ2n) is 5.75. The predicted molar refractivity (Wildman–Crippen MR) is 92.9 cm³/mol. The van der Waals surface area contributed by atoms with Gasteiger partial charge in [0.15, 0.2) is 0 Å². The van der Waals surface area contributed by atoms with Crippen LogP contribution in [0.2, 0.25) is 0 Å². The van der Waals surface area contributed by atoms with E-state index in [-0.39, 0.29) is 5.75 Å². The van der Waals surface area contributed by atoms with E-state index in [1.165, 1.54) is 23.1 Å². The molecule has 0 heterocycles. The van der Waals surface area contributed by atoms with Crippen molar-refractivity contribution in [3.05, 3.63) is 53.6 Å². The number of aromatic hydroxyl groups is 1. The molecule has 1 N–H and O–H groups in total. The van der Waals surface area contributed by atoms with Gasteiger partial charge in [0.05, 0.1) is 19.8 Å². The zero-order chi connectivity index (χ0) is 16.2. The fourth-order valence-electron chi connectivity index (χ4n) is 3.30. The summed E-state index contributed by atoms with van der Waals surface area (Å²) in [5.41, 5.74) is 4.50. The van der Waals surface area contributed by atoms with Gasteiger partial charge in [0.2, 0.25) is 0 Å². The number of benzene rings is 2. The molecule has 3 nitrogen and oxygen atoms in total. The normalized spacial score (nSPS) is 14.7. The van der Waals surface area contributed by atoms with Crippen molar-refractivity contribution >= 4 is 11.1 Å². The van der Waals surface area contributed by atoms with Crippen molar-refractivity contribution in [2.75, 3.05) is 14.2 Å². The molecule has 0 amide bonds. The average molecular weight is 310 g/mol. The lowest BCUT2D eigenvalue weighted by Gasteiger charge is -2.23. The zero-order valence-electron chi connectivity index (χ0n) is 13.6. The molecule has 0 unspecified atom stereocenters. The van der Waals surface area contributed by atoms with Crippen molar-refractivity contribution in [1.82, 2.24) is 0 Å². The van der Waals surface area contributed by atoms with Gasteiger partial charge in [0.25, 0.3) is 0 Å². The number of ether oxygens (including phenoxy) is 2. The van der Waals surface area contributed by atoms with Crippen LogP contribution in [0.4, 0.5) is 0 Å². The van der Waals surface area contributed by atoms with E-state index in [2.05, 4.69) is 24.3 Å². The van der Waals surface area contributed by atoms with Gasteiger partial charge in [-0.05, 0) is 42.4 Å². The molecule has 2 aromatic carbocycles. The van der Waals surface area contributed by atoms with E-state index in [1.54, 1.807) is 20.3 Å². The Morgan fingerprint density at radius 2 is 1.57 bits per heavy atom. The van der Waals surface area contributed by atoms with Crippen molar-refractivity contribution in [1.29, 1.82) is 0 Å². The molecule has 3 rings (SSSR count). The maximum Gasteiger partial charge on any atom is 0.133 e. The molecular weight excluding hydrogens is 288 g/mol. The minimum Gasteiger partial charge on any atom is -0.507 e. The largest absolute Gasteiger partial charge is 0.507 e. The Bertz CT molecular complexity index is 717. The Morgan fingerprint density at radius 1 is 0.870 bits per heavy atom. The molecule has 0 saturated carbocycles. The first-order valence-corrected chi connectivity index (χ1v) is 7.97. The number of allylic oxidation sites excluding steroid dienone is 2. The number of rotatable bonds is 4. The number of hydrogen-bond acceptors (Lipinski definition) is 3. The van der Waals surface area contributed by atoms with Crippen LogP contribution in [0.1, 0.15) is 36.8 Å². The van der Waals surface area contributed by atoms with Crippen LogP contribution in [0.5, 0.6) is 17.2 Å². The van der Waals surface area contributed by atoms with Crippen molar-refractivity contribution < 1.29 is 14.6 Å². The van der Waals surface area contributed by atoms with Crippen molar-refractivity contribution in [2.45, 2.75) is 25.7 Å². The molecule has 23 heavy (non-hydrogen) atoms. The summed E-state index contributed by atoms with van der Waals surface area (Å²) in [4.78, 5) is 0. The lowest BCUT2D eigenvalue weighted by atomic mass is 9.83. The highest BCUT2D eigenvalue weighted by atomic mass is 16.5. The van der Waals surface area contributed by atoms with Crippen LogP contribution >= 0.6 is 0 Å². The van der Waals surface area contributed by atoms with Gasteiger partial charge in [-0.2, -0.15) is 0 Å². The first-order valence-electron chi connectivity index (χ1n) is 7.97. The third kappa shape index (κ3) is 3.04. The molecule has 0 radical (unpaired) electrons. The third-order valence-electron chi connectivity index (χ3n) is 4.40. The first-order chi connectivity index (χ1) is 11.2. The molecule has 0 atom stereocenters. The monoisotopic (exact) mass is 310 g/mol. The van der Waals surface area contributed by atoms with E-state index >= 15 is 0 Å². The molecule has 0 aromatic heterocycles. The molecule has 120 valence electrons. The van der Waals surface area contributed by atoms with E-state index in [9.17, 15) is 5.11 Å². The summed E-state index contributed by atoms with van der Waals surface area (Å²) in [6, 6.07) is 13.9. The Labute approximate surface area is 137 Å². The van der Waals surface area contributed by atoms with Gasteiger partial charge < -0.3 is 14.6 Å². The lowest BCUT2D eigenvalue weighted by Crippen LogP contribution is -2.02. The summed E-state index contributed by atoms with van der Waals surface area (Å²) in [5.74, 6) is 1.47. The van der Waals surface area contributed by atoms with Gasteiger partial charge in [-0.1, -0.05) is 30.3 Å². The van der Waals surface area contributed by atoms with E-state index in [1.807, 2.05) is 12.1 Å². The quantitative estimate of drug-likeness (QED) is 0.873. The number of phenols is 1. The summed E-state index contributed by atoms with van der Waals surface area (Å²) in [5, 5.41) is 10.6. The van der Waals surface area contributed by atoms with Crippen LogP contribution in [0.3, 0.4) is 0 Å². The fraction of sp³-hybridized carbons (Fsp3) is 0.300. The molecule has 2 aromatic rings. The van der Waals surface area contributed by atoms with Crippen LogP contribution in [-0.4, -0.2) is 19.3 Å². The maximum atomic E-state index is 10.6. The van der Waals surface area contributed by atoms with Gasteiger partial charge in [-0.25, -0.2) is 0 Å². The summed E-state index contributed by atoms with van der Waals surface area (Å²) in [6.45, 7) is 0. The molecule has 0 bridgehead atoms. The van der Waals surface area contributed by atoms with Gasteiger partial charge in [0, 0.05) is 12.1 Å². The van der Waals surface area contributed by atoms with Crippen LogP contribution in [-0.2, 0) is 0 Å². The molecule has 3 heteroatoms. The fourth-order valence-corrected chi connectivity index (χ4v) is 3.30. The highest BCUT2D eigenvalue weighted by Gasteiger charge is 2.22. The molecule has 0 aliphatic heterocycles. The molecule has 0 fully saturated rings. The number of phenolic OH excluding ortho intramolecular Hbond substituents is 1. The van der Waals surface area contributed by atoms with Gasteiger partial charge in [0.1, 0.15) is 17.2 Å². The highest BCUT2D eigenvalue weighted by Crippen LogP contribution is 2.46. The highest BCUT2D eigenvalue weighted by molar-refractivity contribution is 5.95. The van der Waals surface area contributed by atoms with Gasteiger partial charge in [-0.3, -0.25) is 0 Å². The van der Waals surface area contributed by atoms with E-state index in [4.69, 9.17) is 9.47 Å². The van der Waals surface area contributed by atoms with Crippen LogP contribution < -0.4 is 9.47 Å². The SMILES string of the molecule is COc1cc(O)c(C2=C(c3ccccc3)CCCC2)c(OC)c1. The second-order valence-corrected chi connectivity index (χ2v) is 5.75. The molecule has 1 aliphatic rings. The first kappa shape index (κ1) is 15.5. The van der Waals surface area contributed by atoms with Crippen LogP contribution in [0.25, 0.3) is 11.1 Å². The molecule has 0 spiro atoms. The molecular formula is C20H22O3. The summed E-state index contributed by atoms with van der Waals surface area (Å²) in [7, 11) is 3.21. The lowest BCUT2D eigenvalue weighted by molar-refractivity contribution is 0.383. The van der Waals surface area contributed by atoms with Crippen LogP contribution in [0.15, 0.2) is 42.5 Å². The molecule has 1 aliphatic carbocycles. The van der Waals surface area contributed by atoms with E-state index < -0.39 is 0 Å². The number of methoxy groups -OCH3 is 2. The molecule has 0 saturated heterocycles. The zero-order valence-corrected chi connectivity index (χ0v) is 13.6. The Hall–Kier alpha value is -2.42. The Kier molecular flexibility index (Phi) is 4.56. The van der Waals surface area contributed by atoms with Gasteiger partial charge in [-0.15, -0.1) is 0 Å². The average Bonchev–Trinajstić information content (AvgIpc) is 2.61. The van der Waals surface area contributed by atoms with Gasteiger partial charge >= 0.3 is 0 Å². The van der Waals surface area contributed by atoms with E-state index in [0.717, 1.165) is 24.8 Å². The second kappa shape index (κ2) is 6.78. The minimum absolute atomic E-state index is 0.214. The minimum atomic E-state index is 0.214. The van der Waals surface area contributed by atoms with E-state index in [0.29, 0.717) is 11.5 Å². The van der Waals surface area contributed by atoms with Crippen LogP contribution in [0, 0.1) is 0 Å². The topological polar surface area (TPSA) is 38.7 Å². The van der Waals surface area contributed by atoms with Crippen molar-refractivity contribution in [3.63, 3.8) is 0 Å². The van der Waals surface area contributed by atoms with Crippen molar-refractivity contribution in [3.8, 4) is 17.2 Å². The Morgan fingerprint density at radius 3 is 2.22 bits per heavy atom. The third-order valence-corrected chi connectivity index (χ3v) is 4.40. The summed E-state index contributed by atoms with van der Waals surface area (Å²) in [6.07, 6.45) is 4.27. The maximum absolute atomic E-state index is 10.6. The van der Waals surface area contributed by atoms with Crippen molar-refractivity contribution in [2.24, 2.45) is 0 Å². The Balaban J connectivity index is 2.20. The predicted octanol–water partition coefficient (Wildman–Crippen LogP) is 4.89. The smallest absolute Gasteiger partial charge is 0.133 e. The number of hydrogen-bond donors (Lipinski definition) is 1.